The Hall–Kier alpha value is -4.66. The number of benzene rings is 3. The molecule has 2 aromatic heterocycles. The minimum absolute atomic E-state index is 0.108. The molecule has 45 heavy (non-hydrogen) atoms. The van der Waals surface area contributed by atoms with E-state index in [4.69, 9.17) is 26.7 Å². The van der Waals surface area contributed by atoms with Crippen LogP contribution in [0.4, 0.5) is 11.4 Å². The van der Waals surface area contributed by atoms with Crippen LogP contribution in [0.15, 0.2) is 103 Å². The van der Waals surface area contributed by atoms with E-state index in [-0.39, 0.29) is 12.1 Å². The van der Waals surface area contributed by atoms with Crippen molar-refractivity contribution in [2.24, 2.45) is 0 Å². The van der Waals surface area contributed by atoms with Crippen molar-refractivity contribution in [2.45, 2.75) is 32.9 Å². The second-order valence-electron chi connectivity index (χ2n) is 11.6. The van der Waals surface area contributed by atoms with E-state index in [1.807, 2.05) is 48.7 Å². The zero-order valence-electron chi connectivity index (χ0n) is 25.8. The average Bonchev–Trinajstić information content (AvgIpc) is 3.57. The summed E-state index contributed by atoms with van der Waals surface area (Å²) in [5.41, 5.74) is 8.95. The van der Waals surface area contributed by atoms with Gasteiger partial charge in [-0.3, -0.25) is 4.98 Å². The fourth-order valence-corrected chi connectivity index (χ4v) is 6.89. The van der Waals surface area contributed by atoms with Crippen molar-refractivity contribution in [3.8, 4) is 17.2 Å². The third kappa shape index (κ3) is 5.67. The number of nitrogens with zero attached hydrogens (tertiary/aromatic N) is 4. The lowest BCUT2D eigenvalue weighted by Crippen LogP contribution is -2.36. The highest BCUT2D eigenvalue weighted by Gasteiger charge is 2.42. The lowest BCUT2D eigenvalue weighted by Gasteiger charge is -2.29. The monoisotopic (exact) mass is 615 g/mol. The van der Waals surface area contributed by atoms with Gasteiger partial charge >= 0.3 is 0 Å². The smallest absolute Gasteiger partial charge is 0.174 e. The molecule has 2 aliphatic heterocycles. The number of aromatic nitrogens is 2. The summed E-state index contributed by atoms with van der Waals surface area (Å²) in [4.78, 5) is 9.35. The largest absolute Gasteiger partial charge is 0.457 e. The van der Waals surface area contributed by atoms with Gasteiger partial charge in [0.25, 0.3) is 0 Å². The molecule has 0 unspecified atom stereocenters. The predicted molar refractivity (Wildman–Crippen MR) is 184 cm³/mol. The quantitative estimate of drug-likeness (QED) is 0.189. The molecular formula is C37H37N5O2S. The van der Waals surface area contributed by atoms with E-state index in [1.165, 1.54) is 22.6 Å². The van der Waals surface area contributed by atoms with Gasteiger partial charge in [0.1, 0.15) is 11.5 Å². The van der Waals surface area contributed by atoms with E-state index in [0.29, 0.717) is 5.11 Å². The number of rotatable bonds is 7. The summed E-state index contributed by atoms with van der Waals surface area (Å²) < 4.78 is 14.1. The molecule has 7 rings (SSSR count). The molecule has 4 heterocycles. The van der Waals surface area contributed by atoms with Crippen LogP contribution in [-0.4, -0.2) is 41.0 Å². The van der Waals surface area contributed by atoms with E-state index >= 15 is 0 Å². The van der Waals surface area contributed by atoms with E-state index in [9.17, 15) is 0 Å². The Morgan fingerprint density at radius 1 is 0.822 bits per heavy atom. The predicted octanol–water partition coefficient (Wildman–Crippen LogP) is 7.60. The SMILES string of the molecule is Cc1ccccc1Oc1ccc(N2C(=S)N[C@H](c3ccccn3)[C@@H]2c2cc(C)n(-c3ccc(N4CCOCC4)cc3)c2C)cc1. The lowest BCUT2D eigenvalue weighted by atomic mass is 9.96. The Kier molecular flexibility index (Phi) is 8.00. The molecule has 5 aromatic rings. The number of morpholine rings is 1. The molecule has 228 valence electrons. The van der Waals surface area contributed by atoms with Gasteiger partial charge in [0.05, 0.1) is 31.0 Å². The molecule has 2 saturated heterocycles. The van der Waals surface area contributed by atoms with Gasteiger partial charge in [-0.25, -0.2) is 0 Å². The van der Waals surface area contributed by atoms with E-state index in [2.05, 4.69) is 95.1 Å². The number of para-hydroxylation sites is 1. The molecule has 2 aliphatic rings. The van der Waals surface area contributed by atoms with Crippen LogP contribution in [0.1, 0.15) is 40.3 Å². The molecule has 0 amide bonds. The fraction of sp³-hybridized carbons (Fsp3) is 0.243. The molecule has 7 nitrogen and oxygen atoms in total. The first-order chi connectivity index (χ1) is 22.0. The van der Waals surface area contributed by atoms with Gasteiger partial charge in [0, 0.05) is 47.7 Å². The van der Waals surface area contributed by atoms with Gasteiger partial charge in [-0.05, 0) is 117 Å². The average molecular weight is 616 g/mol. The summed E-state index contributed by atoms with van der Waals surface area (Å²) in [6.07, 6.45) is 1.84. The Balaban J connectivity index is 1.24. The highest BCUT2D eigenvalue weighted by molar-refractivity contribution is 7.80. The molecule has 2 atom stereocenters. The molecule has 3 aromatic carbocycles. The third-order valence-electron chi connectivity index (χ3n) is 8.81. The maximum absolute atomic E-state index is 6.20. The van der Waals surface area contributed by atoms with Crippen molar-refractivity contribution in [1.29, 1.82) is 0 Å². The van der Waals surface area contributed by atoms with Gasteiger partial charge < -0.3 is 29.2 Å². The van der Waals surface area contributed by atoms with Gasteiger partial charge in [-0.1, -0.05) is 24.3 Å². The number of hydrogen-bond acceptors (Lipinski definition) is 5. The molecule has 8 heteroatoms. The van der Waals surface area contributed by atoms with Crippen molar-refractivity contribution >= 4 is 28.7 Å². The van der Waals surface area contributed by atoms with Crippen LogP contribution < -0.4 is 19.9 Å². The third-order valence-corrected chi connectivity index (χ3v) is 9.12. The van der Waals surface area contributed by atoms with E-state index < -0.39 is 0 Å². The van der Waals surface area contributed by atoms with Crippen molar-refractivity contribution in [3.63, 3.8) is 0 Å². The second kappa shape index (κ2) is 12.4. The summed E-state index contributed by atoms with van der Waals surface area (Å²) in [5.74, 6) is 1.63. The zero-order chi connectivity index (χ0) is 30.9. The zero-order valence-corrected chi connectivity index (χ0v) is 26.6. The number of thiocarbonyl (C=S) groups is 1. The molecule has 0 spiro atoms. The number of aryl methyl sites for hydroxylation is 2. The van der Waals surface area contributed by atoms with Crippen LogP contribution in [0.5, 0.6) is 11.5 Å². The van der Waals surface area contributed by atoms with Crippen molar-refractivity contribution in [1.82, 2.24) is 14.9 Å². The Morgan fingerprint density at radius 2 is 1.51 bits per heavy atom. The number of anilines is 2. The summed E-state index contributed by atoms with van der Waals surface area (Å²) in [6.45, 7) is 9.81. The number of nitrogens with one attached hydrogen (secondary N) is 1. The standard InChI is InChI=1S/C37H37N5O2S/c1-25-8-4-5-10-34(25)44-31-17-15-30(16-18-31)42-36(35(39-37(42)45)33-9-6-7-19-38-33)32-24-26(2)41(27(32)3)29-13-11-28(12-14-29)40-20-22-43-23-21-40/h4-19,24,35-36H,20-23H2,1-3H3,(H,39,45)/t35-,36+/m1/s1. The minimum atomic E-state index is -0.126. The van der Waals surface area contributed by atoms with Gasteiger partial charge in [0.15, 0.2) is 5.11 Å². The van der Waals surface area contributed by atoms with E-state index in [0.717, 1.165) is 60.4 Å². The Labute approximate surface area is 270 Å². The van der Waals surface area contributed by atoms with Crippen LogP contribution >= 0.6 is 12.2 Å². The second-order valence-corrected chi connectivity index (χ2v) is 12.0. The van der Waals surface area contributed by atoms with Crippen molar-refractivity contribution < 1.29 is 9.47 Å². The van der Waals surface area contributed by atoms with Gasteiger partial charge in [-0.2, -0.15) is 0 Å². The first-order valence-corrected chi connectivity index (χ1v) is 15.8. The van der Waals surface area contributed by atoms with Gasteiger partial charge in [0.2, 0.25) is 0 Å². The number of ether oxygens (including phenoxy) is 2. The molecule has 0 saturated carbocycles. The molecule has 2 fully saturated rings. The highest BCUT2D eigenvalue weighted by Crippen LogP contribution is 2.44. The fourth-order valence-electron chi connectivity index (χ4n) is 6.54. The topological polar surface area (TPSA) is 54.8 Å². The Bertz CT molecular complexity index is 1800. The maximum atomic E-state index is 6.20. The molecule has 0 bridgehead atoms. The van der Waals surface area contributed by atoms with Crippen LogP contribution in [-0.2, 0) is 4.74 Å². The summed E-state index contributed by atoms with van der Waals surface area (Å²) >= 11 is 6.02. The summed E-state index contributed by atoms with van der Waals surface area (Å²) in [6, 6.07) is 33.2. The summed E-state index contributed by atoms with van der Waals surface area (Å²) in [7, 11) is 0. The normalized spacial score (nSPS) is 18.2. The molecular weight excluding hydrogens is 579 g/mol. The van der Waals surface area contributed by atoms with Crippen molar-refractivity contribution in [2.75, 3.05) is 36.1 Å². The number of pyridine rings is 1. The highest BCUT2D eigenvalue weighted by atomic mass is 32.1. The van der Waals surface area contributed by atoms with Crippen LogP contribution in [0.3, 0.4) is 0 Å². The lowest BCUT2D eigenvalue weighted by molar-refractivity contribution is 0.122. The van der Waals surface area contributed by atoms with Crippen LogP contribution in [0, 0.1) is 20.8 Å². The van der Waals surface area contributed by atoms with E-state index in [1.54, 1.807) is 0 Å². The molecule has 1 N–H and O–H groups in total. The first kappa shape index (κ1) is 29.1. The first-order valence-electron chi connectivity index (χ1n) is 15.4. The van der Waals surface area contributed by atoms with Gasteiger partial charge in [-0.15, -0.1) is 0 Å². The molecule has 0 radical (unpaired) electrons. The van der Waals surface area contributed by atoms with Crippen LogP contribution in [0.25, 0.3) is 5.69 Å². The minimum Gasteiger partial charge on any atom is -0.457 e. The maximum Gasteiger partial charge on any atom is 0.174 e. The Morgan fingerprint density at radius 3 is 2.22 bits per heavy atom. The van der Waals surface area contributed by atoms with Crippen molar-refractivity contribution in [3.05, 3.63) is 131 Å². The molecule has 0 aliphatic carbocycles. The summed E-state index contributed by atoms with van der Waals surface area (Å²) in [5, 5.41) is 4.28. The van der Waals surface area contributed by atoms with Crippen LogP contribution in [0.2, 0.25) is 0 Å². The number of hydrogen-bond donors (Lipinski definition) is 1.